The van der Waals surface area contributed by atoms with Crippen LogP contribution in [0.5, 0.6) is 0 Å². The molecular formula is C12H22N2O5. The third-order valence-electron chi connectivity index (χ3n) is 3.19. The van der Waals surface area contributed by atoms with Crippen molar-refractivity contribution < 1.29 is 24.5 Å². The lowest BCUT2D eigenvalue weighted by Crippen LogP contribution is -2.54. The Bertz CT molecular complexity index is 310. The van der Waals surface area contributed by atoms with E-state index in [0.717, 1.165) is 6.42 Å². The number of urea groups is 1. The number of aliphatic hydroxyl groups is 1. The molecule has 2 atom stereocenters. The lowest BCUT2D eigenvalue weighted by Gasteiger charge is -2.34. The summed E-state index contributed by atoms with van der Waals surface area (Å²) >= 11 is 0. The van der Waals surface area contributed by atoms with Crippen molar-refractivity contribution >= 4 is 12.0 Å². The van der Waals surface area contributed by atoms with E-state index in [0.29, 0.717) is 26.2 Å². The first-order chi connectivity index (χ1) is 9.10. The van der Waals surface area contributed by atoms with Crippen molar-refractivity contribution in [3.63, 3.8) is 0 Å². The number of hydrogen-bond acceptors (Lipinski definition) is 4. The molecule has 1 rings (SSSR count). The first kappa shape index (κ1) is 15.7. The van der Waals surface area contributed by atoms with Crippen LogP contribution < -0.4 is 5.32 Å². The largest absolute Gasteiger partial charge is 0.481 e. The summed E-state index contributed by atoms with van der Waals surface area (Å²) in [7, 11) is 0. The molecule has 0 aromatic heterocycles. The zero-order valence-electron chi connectivity index (χ0n) is 11.2. The van der Waals surface area contributed by atoms with Gasteiger partial charge in [-0.05, 0) is 6.42 Å². The van der Waals surface area contributed by atoms with Gasteiger partial charge in [-0.3, -0.25) is 4.79 Å². The Morgan fingerprint density at radius 3 is 2.84 bits per heavy atom. The number of rotatable bonds is 6. The average molecular weight is 274 g/mol. The second-order valence-electron chi connectivity index (χ2n) is 4.61. The van der Waals surface area contributed by atoms with Crippen LogP contribution in [0.3, 0.4) is 0 Å². The molecule has 110 valence electrons. The van der Waals surface area contributed by atoms with Crippen LogP contribution in [0.4, 0.5) is 4.79 Å². The Morgan fingerprint density at radius 1 is 1.53 bits per heavy atom. The zero-order valence-corrected chi connectivity index (χ0v) is 11.2. The summed E-state index contributed by atoms with van der Waals surface area (Å²) in [5.41, 5.74) is 0. The maximum absolute atomic E-state index is 12.0. The summed E-state index contributed by atoms with van der Waals surface area (Å²) in [6.45, 7) is 2.99. The lowest BCUT2D eigenvalue weighted by atomic mass is 10.0. The third kappa shape index (κ3) is 4.68. The van der Waals surface area contributed by atoms with Gasteiger partial charge in [0.05, 0.1) is 31.8 Å². The molecule has 7 nitrogen and oxygen atoms in total. The highest BCUT2D eigenvalue weighted by atomic mass is 16.5. The number of aliphatic carboxylic acids is 1. The minimum Gasteiger partial charge on any atom is -0.481 e. The van der Waals surface area contributed by atoms with Crippen molar-refractivity contribution in [1.82, 2.24) is 10.2 Å². The Balaban J connectivity index is 2.46. The average Bonchev–Trinajstić information content (AvgIpc) is 2.42. The van der Waals surface area contributed by atoms with E-state index in [2.05, 4.69) is 5.32 Å². The summed E-state index contributed by atoms with van der Waals surface area (Å²) in [5.74, 6) is -1.47. The molecule has 7 heteroatoms. The number of nitrogens with zero attached hydrogens (tertiary/aromatic N) is 1. The molecule has 19 heavy (non-hydrogen) atoms. The highest BCUT2D eigenvalue weighted by Gasteiger charge is 2.27. The number of morpholine rings is 1. The van der Waals surface area contributed by atoms with Crippen molar-refractivity contribution in [2.45, 2.75) is 25.8 Å². The number of carboxylic acids is 1. The van der Waals surface area contributed by atoms with E-state index < -0.39 is 11.9 Å². The highest BCUT2D eigenvalue weighted by molar-refractivity contribution is 5.76. The summed E-state index contributed by atoms with van der Waals surface area (Å²) in [6, 6.07) is -0.701. The van der Waals surface area contributed by atoms with Crippen LogP contribution >= 0.6 is 0 Å². The van der Waals surface area contributed by atoms with Gasteiger partial charge in [0.15, 0.2) is 0 Å². The van der Waals surface area contributed by atoms with Crippen LogP contribution in [0.1, 0.15) is 19.8 Å². The maximum Gasteiger partial charge on any atom is 0.317 e. The fourth-order valence-electron chi connectivity index (χ4n) is 2.05. The molecule has 1 fully saturated rings. The Morgan fingerprint density at radius 2 is 2.26 bits per heavy atom. The van der Waals surface area contributed by atoms with Crippen molar-refractivity contribution in [2.24, 2.45) is 5.92 Å². The lowest BCUT2D eigenvalue weighted by molar-refractivity contribution is -0.141. The molecule has 2 amide bonds. The summed E-state index contributed by atoms with van der Waals surface area (Å²) in [4.78, 5) is 24.4. The van der Waals surface area contributed by atoms with Gasteiger partial charge in [-0.15, -0.1) is 0 Å². The predicted octanol–water partition coefficient (Wildman–Crippen LogP) is -0.110. The van der Waals surface area contributed by atoms with Crippen LogP contribution in [0.25, 0.3) is 0 Å². The fourth-order valence-corrected chi connectivity index (χ4v) is 2.05. The third-order valence-corrected chi connectivity index (χ3v) is 3.19. The van der Waals surface area contributed by atoms with E-state index in [9.17, 15) is 9.59 Å². The van der Waals surface area contributed by atoms with Crippen molar-refractivity contribution in [3.8, 4) is 0 Å². The highest BCUT2D eigenvalue weighted by Crippen LogP contribution is 2.08. The minimum absolute atomic E-state index is 0.109. The standard InChI is InChI=1S/C12H22N2O5/c1-2-3-9(11(16)17)6-13-12(18)14-4-5-19-8-10(14)7-15/h9-10,15H,2-8H2,1H3,(H,13,18)(H,16,17). The van der Waals surface area contributed by atoms with Crippen molar-refractivity contribution in [3.05, 3.63) is 0 Å². The van der Waals surface area contributed by atoms with E-state index in [-0.39, 0.29) is 25.2 Å². The molecule has 0 aliphatic carbocycles. The van der Waals surface area contributed by atoms with Crippen LogP contribution in [0, 0.1) is 5.92 Å². The van der Waals surface area contributed by atoms with Crippen LogP contribution in [0.2, 0.25) is 0 Å². The maximum atomic E-state index is 12.0. The Kier molecular flexibility index (Phi) is 6.58. The number of ether oxygens (including phenoxy) is 1. The number of carbonyl (C=O) groups excluding carboxylic acids is 1. The number of carbonyl (C=O) groups is 2. The molecule has 0 aromatic rings. The van der Waals surface area contributed by atoms with Crippen molar-refractivity contribution in [1.29, 1.82) is 0 Å². The molecule has 0 spiro atoms. The van der Waals surface area contributed by atoms with Crippen LogP contribution in [-0.4, -0.2) is 66.1 Å². The quantitative estimate of drug-likeness (QED) is 0.627. The number of nitrogens with one attached hydrogen (secondary N) is 1. The van der Waals surface area contributed by atoms with Crippen LogP contribution in [-0.2, 0) is 9.53 Å². The normalized spacial score (nSPS) is 20.9. The topological polar surface area (TPSA) is 99.1 Å². The van der Waals surface area contributed by atoms with E-state index in [4.69, 9.17) is 14.9 Å². The SMILES string of the molecule is CCCC(CNC(=O)N1CCOCC1CO)C(=O)O. The van der Waals surface area contributed by atoms with Gasteiger partial charge in [0.2, 0.25) is 0 Å². The van der Waals surface area contributed by atoms with Gasteiger partial charge < -0.3 is 25.2 Å². The van der Waals surface area contributed by atoms with Crippen molar-refractivity contribution in [2.75, 3.05) is 32.9 Å². The van der Waals surface area contributed by atoms with Gasteiger partial charge in [0, 0.05) is 13.1 Å². The van der Waals surface area contributed by atoms with Gasteiger partial charge in [0.25, 0.3) is 0 Å². The minimum atomic E-state index is -0.900. The molecule has 1 heterocycles. The summed E-state index contributed by atoms with van der Waals surface area (Å²) in [6.07, 6.45) is 1.28. The summed E-state index contributed by atoms with van der Waals surface area (Å²) < 4.78 is 5.18. The molecular weight excluding hydrogens is 252 g/mol. The van der Waals surface area contributed by atoms with E-state index in [1.807, 2.05) is 6.92 Å². The molecule has 0 radical (unpaired) electrons. The zero-order chi connectivity index (χ0) is 14.3. The summed E-state index contributed by atoms with van der Waals surface area (Å²) in [5, 5.41) is 20.8. The molecule has 3 N–H and O–H groups in total. The van der Waals surface area contributed by atoms with E-state index >= 15 is 0 Å². The van der Waals surface area contributed by atoms with Gasteiger partial charge >= 0.3 is 12.0 Å². The first-order valence-corrected chi connectivity index (χ1v) is 6.56. The van der Waals surface area contributed by atoms with E-state index in [1.165, 1.54) is 4.90 Å². The van der Waals surface area contributed by atoms with Gasteiger partial charge in [-0.25, -0.2) is 4.79 Å². The smallest absolute Gasteiger partial charge is 0.317 e. The Labute approximate surface area is 112 Å². The monoisotopic (exact) mass is 274 g/mol. The molecule has 0 bridgehead atoms. The van der Waals surface area contributed by atoms with Crippen LogP contribution in [0.15, 0.2) is 0 Å². The van der Waals surface area contributed by atoms with Gasteiger partial charge in [0.1, 0.15) is 0 Å². The predicted molar refractivity (Wildman–Crippen MR) is 67.8 cm³/mol. The second-order valence-corrected chi connectivity index (χ2v) is 4.61. The molecule has 1 saturated heterocycles. The number of hydrogen-bond donors (Lipinski definition) is 3. The van der Waals surface area contributed by atoms with Gasteiger partial charge in [-0.2, -0.15) is 0 Å². The number of carboxylic acid groups (broad SMARTS) is 1. The fraction of sp³-hybridized carbons (Fsp3) is 0.833. The molecule has 0 aromatic carbocycles. The first-order valence-electron chi connectivity index (χ1n) is 6.56. The molecule has 2 unspecified atom stereocenters. The number of aliphatic hydroxyl groups excluding tert-OH is 1. The molecule has 1 aliphatic rings. The second kappa shape index (κ2) is 7.96. The molecule has 0 saturated carbocycles. The molecule has 1 aliphatic heterocycles. The number of amides is 2. The van der Waals surface area contributed by atoms with Gasteiger partial charge in [-0.1, -0.05) is 13.3 Å². The van der Waals surface area contributed by atoms with E-state index in [1.54, 1.807) is 0 Å². The Hall–Kier alpha value is -1.34.